The molecule has 4 heteroatoms. The summed E-state index contributed by atoms with van der Waals surface area (Å²) in [6.07, 6.45) is 1.77. The van der Waals surface area contributed by atoms with E-state index >= 15 is 0 Å². The van der Waals surface area contributed by atoms with E-state index in [0.717, 1.165) is 16.6 Å². The van der Waals surface area contributed by atoms with Gasteiger partial charge < -0.3 is 15.8 Å². The van der Waals surface area contributed by atoms with Crippen LogP contribution >= 0.6 is 0 Å². The van der Waals surface area contributed by atoms with Gasteiger partial charge >= 0.3 is 0 Å². The normalized spacial score (nSPS) is 11.6. The number of rotatable bonds is 2. The topological polar surface area (TPSA) is 60.2 Å². The number of benzene rings is 1. The summed E-state index contributed by atoms with van der Waals surface area (Å²) in [6.45, 7) is 6.25. The number of nitrogens with zero attached hydrogens (tertiary/aromatic N) is 1. The van der Waals surface area contributed by atoms with Gasteiger partial charge in [-0.25, -0.2) is 0 Å². The van der Waals surface area contributed by atoms with Crippen LogP contribution in [0.5, 0.6) is 5.75 Å². The summed E-state index contributed by atoms with van der Waals surface area (Å²) in [5, 5.41) is 4.41. The molecule has 0 saturated carbocycles. The number of methoxy groups -OCH3 is 1. The molecular weight excluding hydrogens is 226 g/mol. The maximum Gasteiger partial charge on any atom is 0.144 e. The fourth-order valence-electron chi connectivity index (χ4n) is 1.88. The smallest absolute Gasteiger partial charge is 0.144 e. The Labute approximate surface area is 107 Å². The van der Waals surface area contributed by atoms with Crippen LogP contribution in [0.2, 0.25) is 0 Å². The standard InChI is InChI=1S/C14H19N3O/c1-14(2,3)17-13-11(15)10(18-4)8-9-6-5-7-16-12(9)13/h5-8,17H,15H2,1-4H3. The average Bonchev–Trinajstić information content (AvgIpc) is 2.31. The van der Waals surface area contributed by atoms with E-state index in [9.17, 15) is 0 Å². The van der Waals surface area contributed by atoms with Gasteiger partial charge in [-0.3, -0.25) is 4.98 Å². The summed E-state index contributed by atoms with van der Waals surface area (Å²) >= 11 is 0. The molecule has 2 aromatic rings. The first-order valence-electron chi connectivity index (χ1n) is 5.92. The summed E-state index contributed by atoms with van der Waals surface area (Å²) in [6, 6.07) is 5.81. The van der Waals surface area contributed by atoms with E-state index in [0.29, 0.717) is 11.4 Å². The molecule has 0 atom stereocenters. The van der Waals surface area contributed by atoms with Crippen LogP contribution < -0.4 is 15.8 Å². The first-order valence-corrected chi connectivity index (χ1v) is 5.92. The van der Waals surface area contributed by atoms with Crippen molar-refractivity contribution in [2.24, 2.45) is 0 Å². The molecule has 0 unspecified atom stereocenters. The molecule has 0 bridgehead atoms. The van der Waals surface area contributed by atoms with E-state index < -0.39 is 0 Å². The Bertz CT molecular complexity index is 573. The largest absolute Gasteiger partial charge is 0.494 e. The van der Waals surface area contributed by atoms with E-state index in [-0.39, 0.29) is 5.54 Å². The number of hydrogen-bond acceptors (Lipinski definition) is 4. The minimum absolute atomic E-state index is 0.0923. The second-order valence-corrected chi connectivity index (χ2v) is 5.32. The van der Waals surface area contributed by atoms with Crippen LogP contribution in [0.4, 0.5) is 11.4 Å². The number of nitrogen functional groups attached to an aromatic ring is 1. The Morgan fingerprint density at radius 1 is 1.33 bits per heavy atom. The predicted octanol–water partition coefficient (Wildman–Crippen LogP) is 3.04. The van der Waals surface area contributed by atoms with Crippen molar-refractivity contribution in [3.05, 3.63) is 24.4 Å². The number of aromatic nitrogens is 1. The number of hydrogen-bond donors (Lipinski definition) is 2. The molecule has 0 amide bonds. The lowest BCUT2D eigenvalue weighted by Crippen LogP contribution is -2.27. The van der Waals surface area contributed by atoms with Crippen molar-refractivity contribution < 1.29 is 4.74 Å². The molecule has 18 heavy (non-hydrogen) atoms. The lowest BCUT2D eigenvalue weighted by Gasteiger charge is -2.25. The summed E-state index contributed by atoms with van der Waals surface area (Å²) in [5.74, 6) is 0.669. The summed E-state index contributed by atoms with van der Waals surface area (Å²) in [4.78, 5) is 4.40. The molecule has 2 rings (SSSR count). The van der Waals surface area contributed by atoms with E-state index in [2.05, 4.69) is 31.1 Å². The van der Waals surface area contributed by atoms with Crippen LogP contribution in [0.15, 0.2) is 24.4 Å². The third-order valence-corrected chi connectivity index (χ3v) is 2.62. The zero-order valence-electron chi connectivity index (χ0n) is 11.2. The Morgan fingerprint density at radius 2 is 2.06 bits per heavy atom. The van der Waals surface area contributed by atoms with Gasteiger partial charge in [0.25, 0.3) is 0 Å². The second-order valence-electron chi connectivity index (χ2n) is 5.32. The summed E-state index contributed by atoms with van der Waals surface area (Å²) < 4.78 is 5.32. The molecule has 0 spiro atoms. The Balaban J connectivity index is 2.70. The molecule has 1 aromatic carbocycles. The first kappa shape index (κ1) is 12.5. The highest BCUT2D eigenvalue weighted by molar-refractivity contribution is 5.99. The third-order valence-electron chi connectivity index (χ3n) is 2.62. The Morgan fingerprint density at radius 3 is 2.67 bits per heavy atom. The molecule has 0 aliphatic carbocycles. The van der Waals surface area contributed by atoms with Gasteiger partial charge in [0.05, 0.1) is 24.0 Å². The highest BCUT2D eigenvalue weighted by Gasteiger charge is 2.17. The second kappa shape index (κ2) is 4.37. The van der Waals surface area contributed by atoms with E-state index in [4.69, 9.17) is 10.5 Å². The van der Waals surface area contributed by atoms with Crippen LogP contribution in [-0.2, 0) is 0 Å². The molecule has 1 aromatic heterocycles. The van der Waals surface area contributed by atoms with Gasteiger partial charge in [-0.15, -0.1) is 0 Å². The lowest BCUT2D eigenvalue weighted by molar-refractivity contribution is 0.417. The average molecular weight is 245 g/mol. The van der Waals surface area contributed by atoms with Crippen LogP contribution in [-0.4, -0.2) is 17.6 Å². The monoisotopic (exact) mass is 245 g/mol. The minimum Gasteiger partial charge on any atom is -0.494 e. The van der Waals surface area contributed by atoms with E-state index in [1.54, 1.807) is 13.3 Å². The molecule has 3 N–H and O–H groups in total. The Hall–Kier alpha value is -1.97. The molecule has 0 saturated heterocycles. The van der Waals surface area contributed by atoms with Crippen molar-refractivity contribution >= 4 is 22.3 Å². The summed E-state index contributed by atoms with van der Waals surface area (Å²) in [7, 11) is 1.62. The SMILES string of the molecule is COc1cc2cccnc2c(NC(C)(C)C)c1N. The Kier molecular flexibility index (Phi) is 3.03. The lowest BCUT2D eigenvalue weighted by atomic mass is 10.1. The zero-order valence-corrected chi connectivity index (χ0v) is 11.2. The maximum atomic E-state index is 6.14. The number of fused-ring (bicyclic) bond motifs is 1. The zero-order chi connectivity index (χ0) is 13.3. The predicted molar refractivity (Wildman–Crippen MR) is 76.1 cm³/mol. The van der Waals surface area contributed by atoms with E-state index in [1.165, 1.54) is 0 Å². The fourth-order valence-corrected chi connectivity index (χ4v) is 1.88. The van der Waals surface area contributed by atoms with Gasteiger partial charge in [-0.05, 0) is 32.9 Å². The van der Waals surface area contributed by atoms with Gasteiger partial charge in [-0.2, -0.15) is 0 Å². The van der Waals surface area contributed by atoms with Crippen molar-refractivity contribution in [1.82, 2.24) is 4.98 Å². The van der Waals surface area contributed by atoms with Crippen LogP contribution in [0, 0.1) is 0 Å². The van der Waals surface area contributed by atoms with Crippen molar-refractivity contribution in [2.75, 3.05) is 18.2 Å². The number of pyridine rings is 1. The quantitative estimate of drug-likeness (QED) is 0.798. The number of nitrogens with two attached hydrogens (primary N) is 1. The van der Waals surface area contributed by atoms with Crippen molar-refractivity contribution in [1.29, 1.82) is 0 Å². The highest BCUT2D eigenvalue weighted by atomic mass is 16.5. The number of ether oxygens (including phenoxy) is 1. The number of anilines is 2. The highest BCUT2D eigenvalue weighted by Crippen LogP contribution is 2.37. The molecule has 0 aliphatic rings. The molecule has 1 heterocycles. The molecule has 0 radical (unpaired) electrons. The van der Waals surface area contributed by atoms with Gasteiger partial charge in [-0.1, -0.05) is 6.07 Å². The summed E-state index contributed by atoms with van der Waals surface area (Å²) in [5.41, 5.74) is 8.34. The fraction of sp³-hybridized carbons (Fsp3) is 0.357. The van der Waals surface area contributed by atoms with E-state index in [1.807, 2.05) is 18.2 Å². The van der Waals surface area contributed by atoms with Crippen molar-refractivity contribution in [3.8, 4) is 5.75 Å². The molecule has 4 nitrogen and oxygen atoms in total. The molecular formula is C14H19N3O. The van der Waals surface area contributed by atoms with Crippen molar-refractivity contribution in [3.63, 3.8) is 0 Å². The van der Waals surface area contributed by atoms with Gasteiger partial charge in [0.2, 0.25) is 0 Å². The van der Waals surface area contributed by atoms with Crippen LogP contribution in [0.25, 0.3) is 10.9 Å². The molecule has 0 aliphatic heterocycles. The van der Waals surface area contributed by atoms with Crippen LogP contribution in [0.3, 0.4) is 0 Å². The first-order chi connectivity index (χ1) is 8.42. The molecule has 96 valence electrons. The minimum atomic E-state index is -0.0923. The van der Waals surface area contributed by atoms with Crippen LogP contribution in [0.1, 0.15) is 20.8 Å². The third kappa shape index (κ3) is 2.32. The van der Waals surface area contributed by atoms with Gasteiger partial charge in [0.15, 0.2) is 0 Å². The van der Waals surface area contributed by atoms with Crippen molar-refractivity contribution in [2.45, 2.75) is 26.3 Å². The van der Waals surface area contributed by atoms with Gasteiger partial charge in [0.1, 0.15) is 5.75 Å². The van der Waals surface area contributed by atoms with Gasteiger partial charge in [0, 0.05) is 17.1 Å². The molecule has 0 fully saturated rings. The maximum absolute atomic E-state index is 6.14. The number of nitrogens with one attached hydrogen (secondary N) is 1.